The van der Waals surface area contributed by atoms with Gasteiger partial charge in [-0.15, -0.1) is 0 Å². The van der Waals surface area contributed by atoms with Crippen LogP contribution in [0.15, 0.2) is 42.6 Å². The van der Waals surface area contributed by atoms with Crippen molar-refractivity contribution in [3.63, 3.8) is 0 Å². The van der Waals surface area contributed by atoms with Crippen molar-refractivity contribution in [2.75, 3.05) is 18.1 Å². The van der Waals surface area contributed by atoms with E-state index in [1.807, 2.05) is 33.2 Å². The Hall–Kier alpha value is -3.13. The van der Waals surface area contributed by atoms with Gasteiger partial charge in [-0.3, -0.25) is 9.69 Å². The van der Waals surface area contributed by atoms with Gasteiger partial charge in [0.25, 0.3) is 0 Å². The van der Waals surface area contributed by atoms with Gasteiger partial charge in [0.2, 0.25) is 5.91 Å². The van der Waals surface area contributed by atoms with Gasteiger partial charge in [-0.05, 0) is 25.0 Å². The van der Waals surface area contributed by atoms with Crippen molar-refractivity contribution in [2.45, 2.75) is 33.3 Å². The van der Waals surface area contributed by atoms with Crippen LogP contribution in [0.4, 0.5) is 5.69 Å². The van der Waals surface area contributed by atoms with E-state index >= 15 is 0 Å². The van der Waals surface area contributed by atoms with Crippen LogP contribution in [0.1, 0.15) is 31.7 Å². The quantitative estimate of drug-likeness (QED) is 0.772. The molecule has 4 heterocycles. The molecule has 1 aliphatic carbocycles. The van der Waals surface area contributed by atoms with Crippen LogP contribution in [0.25, 0.3) is 5.57 Å². The minimum absolute atomic E-state index is 0.00180. The summed E-state index contributed by atoms with van der Waals surface area (Å²) in [6.45, 7) is 6.96. The molecule has 5 rings (SSSR count). The third kappa shape index (κ3) is 3.08. The fourth-order valence-corrected chi connectivity index (χ4v) is 4.05. The van der Waals surface area contributed by atoms with Gasteiger partial charge >= 0.3 is 6.01 Å². The number of anilines is 1. The Morgan fingerprint density at radius 1 is 1.10 bits per heavy atom. The number of rotatable bonds is 4. The molecule has 0 N–H and O–H groups in total. The maximum absolute atomic E-state index is 13.3. The first-order valence-corrected chi connectivity index (χ1v) is 10.1. The van der Waals surface area contributed by atoms with E-state index in [1.54, 1.807) is 17.3 Å². The molecule has 0 radical (unpaired) electrons. The standard InChI is InChI=1S/C22H23N5O3/c1-13-23-7-15(8-24-13)14-4-5-18-19(6-14)27(20(28)22(18,2)3)16-9-25-21(26-10-16)30-17-11-29-12-17/h4,6-10,17-18H,5,11-12H2,1-3H3. The second-order valence-corrected chi connectivity index (χ2v) is 8.40. The zero-order chi connectivity index (χ0) is 20.9. The number of carbonyl (C=O) groups excluding carboxylic acids is 1. The van der Waals surface area contributed by atoms with Gasteiger partial charge in [0.15, 0.2) is 0 Å². The highest BCUT2D eigenvalue weighted by Crippen LogP contribution is 2.50. The summed E-state index contributed by atoms with van der Waals surface area (Å²) < 4.78 is 10.7. The van der Waals surface area contributed by atoms with E-state index in [0.29, 0.717) is 24.9 Å². The summed E-state index contributed by atoms with van der Waals surface area (Å²) in [7, 11) is 0. The first-order valence-electron chi connectivity index (χ1n) is 10.1. The third-order valence-corrected chi connectivity index (χ3v) is 5.98. The number of aromatic nitrogens is 4. The molecular formula is C22H23N5O3. The number of fused-ring (bicyclic) bond motifs is 1. The highest BCUT2D eigenvalue weighted by molar-refractivity contribution is 6.04. The lowest BCUT2D eigenvalue weighted by atomic mass is 9.75. The molecule has 2 aliphatic heterocycles. The van der Waals surface area contributed by atoms with Crippen molar-refractivity contribution in [1.29, 1.82) is 0 Å². The van der Waals surface area contributed by atoms with Gasteiger partial charge in [0, 0.05) is 29.6 Å². The van der Waals surface area contributed by atoms with Crippen molar-refractivity contribution in [2.24, 2.45) is 11.3 Å². The molecule has 8 nitrogen and oxygen atoms in total. The highest BCUT2D eigenvalue weighted by atomic mass is 16.6. The second kappa shape index (κ2) is 6.98. The molecule has 2 aromatic heterocycles. The minimum Gasteiger partial charge on any atom is -0.455 e. The zero-order valence-corrected chi connectivity index (χ0v) is 17.2. The van der Waals surface area contributed by atoms with E-state index in [0.717, 1.165) is 29.1 Å². The topological polar surface area (TPSA) is 90.3 Å². The van der Waals surface area contributed by atoms with Crippen molar-refractivity contribution >= 4 is 17.2 Å². The Balaban J connectivity index is 1.48. The van der Waals surface area contributed by atoms with Crippen molar-refractivity contribution < 1.29 is 14.3 Å². The maximum Gasteiger partial charge on any atom is 0.316 e. The number of hydrogen-bond donors (Lipinski definition) is 0. The van der Waals surface area contributed by atoms with Crippen LogP contribution in [-0.4, -0.2) is 45.2 Å². The summed E-state index contributed by atoms with van der Waals surface area (Å²) in [5.41, 5.74) is 3.03. The number of allylic oxidation sites excluding steroid dienone is 4. The molecule has 1 unspecified atom stereocenters. The predicted molar refractivity (Wildman–Crippen MR) is 109 cm³/mol. The van der Waals surface area contributed by atoms with E-state index in [-0.39, 0.29) is 17.9 Å². The molecule has 30 heavy (non-hydrogen) atoms. The van der Waals surface area contributed by atoms with E-state index in [4.69, 9.17) is 9.47 Å². The monoisotopic (exact) mass is 405 g/mol. The van der Waals surface area contributed by atoms with Crippen LogP contribution in [0.5, 0.6) is 6.01 Å². The number of aryl methyl sites for hydroxylation is 1. The van der Waals surface area contributed by atoms with Gasteiger partial charge in [-0.1, -0.05) is 19.9 Å². The van der Waals surface area contributed by atoms with E-state index in [9.17, 15) is 4.79 Å². The molecule has 2 fully saturated rings. The predicted octanol–water partition coefficient (Wildman–Crippen LogP) is 2.71. The molecule has 1 amide bonds. The van der Waals surface area contributed by atoms with Crippen molar-refractivity contribution in [1.82, 2.24) is 19.9 Å². The van der Waals surface area contributed by atoms with Crippen LogP contribution in [0.3, 0.4) is 0 Å². The van der Waals surface area contributed by atoms with Crippen molar-refractivity contribution in [3.8, 4) is 6.01 Å². The Labute approximate surface area is 174 Å². The molecule has 0 bridgehead atoms. The fourth-order valence-electron chi connectivity index (χ4n) is 4.05. The zero-order valence-electron chi connectivity index (χ0n) is 17.2. The van der Waals surface area contributed by atoms with Gasteiger partial charge in [-0.25, -0.2) is 19.9 Å². The summed E-state index contributed by atoms with van der Waals surface area (Å²) in [5, 5.41) is 0. The average Bonchev–Trinajstić information content (AvgIpc) is 2.91. The first-order chi connectivity index (χ1) is 14.4. The molecule has 0 spiro atoms. The molecule has 0 aromatic carbocycles. The SMILES string of the molecule is Cc1ncc(C2=CCC3C(=C2)N(c2cnc(OC4COC4)nc2)C(=O)C3(C)C)cn1. The number of ether oxygens (including phenoxy) is 2. The number of hydrogen-bond acceptors (Lipinski definition) is 7. The van der Waals surface area contributed by atoms with Crippen LogP contribution < -0.4 is 9.64 Å². The first kappa shape index (κ1) is 18.9. The molecule has 1 atom stereocenters. The van der Waals surface area contributed by atoms with Crippen LogP contribution >= 0.6 is 0 Å². The van der Waals surface area contributed by atoms with Gasteiger partial charge in [-0.2, -0.15) is 0 Å². The smallest absolute Gasteiger partial charge is 0.316 e. The second-order valence-electron chi connectivity index (χ2n) is 8.40. The molecule has 154 valence electrons. The molecule has 3 aliphatic rings. The van der Waals surface area contributed by atoms with Gasteiger partial charge in [0.05, 0.1) is 36.7 Å². The Morgan fingerprint density at radius 3 is 2.43 bits per heavy atom. The summed E-state index contributed by atoms with van der Waals surface area (Å²) >= 11 is 0. The number of carbonyl (C=O) groups is 1. The molecule has 2 aromatic rings. The van der Waals surface area contributed by atoms with Gasteiger partial charge in [0.1, 0.15) is 11.9 Å². The summed E-state index contributed by atoms with van der Waals surface area (Å²) in [5.74, 6) is 0.855. The lowest BCUT2D eigenvalue weighted by Crippen LogP contribution is -2.39. The number of amides is 1. The average molecular weight is 405 g/mol. The van der Waals surface area contributed by atoms with Crippen LogP contribution in [0, 0.1) is 18.3 Å². The third-order valence-electron chi connectivity index (χ3n) is 5.98. The summed E-state index contributed by atoms with van der Waals surface area (Å²) in [4.78, 5) is 32.3. The molecule has 8 heteroatoms. The normalized spacial score (nSPS) is 22.8. The molecular weight excluding hydrogens is 382 g/mol. The van der Waals surface area contributed by atoms with Crippen LogP contribution in [0.2, 0.25) is 0 Å². The maximum atomic E-state index is 13.3. The Bertz CT molecular complexity index is 1040. The van der Waals surface area contributed by atoms with E-state index in [1.165, 1.54) is 0 Å². The van der Waals surface area contributed by atoms with Crippen LogP contribution in [-0.2, 0) is 9.53 Å². The lowest BCUT2D eigenvalue weighted by molar-refractivity contribution is -0.125. The van der Waals surface area contributed by atoms with Crippen molar-refractivity contribution in [3.05, 3.63) is 54.0 Å². The van der Waals surface area contributed by atoms with Gasteiger partial charge < -0.3 is 9.47 Å². The summed E-state index contributed by atoms with van der Waals surface area (Å²) in [6.07, 6.45) is 11.9. The highest BCUT2D eigenvalue weighted by Gasteiger charge is 2.51. The summed E-state index contributed by atoms with van der Waals surface area (Å²) in [6, 6.07) is 0.296. The lowest BCUT2D eigenvalue weighted by Gasteiger charge is -2.26. The van der Waals surface area contributed by atoms with E-state index < -0.39 is 5.41 Å². The fraction of sp³-hybridized carbons (Fsp3) is 0.409. The largest absolute Gasteiger partial charge is 0.455 e. The number of nitrogens with zero attached hydrogens (tertiary/aromatic N) is 5. The molecule has 2 saturated heterocycles. The minimum atomic E-state index is -0.518. The molecule has 0 saturated carbocycles. The van der Waals surface area contributed by atoms with E-state index in [2.05, 4.69) is 32.1 Å². The Kier molecular flexibility index (Phi) is 4.39. The Morgan fingerprint density at radius 2 is 1.80 bits per heavy atom.